The van der Waals surface area contributed by atoms with Crippen molar-refractivity contribution in [3.63, 3.8) is 0 Å². The van der Waals surface area contributed by atoms with Gasteiger partial charge in [-0.15, -0.1) is 0 Å². The third kappa shape index (κ3) is 4.84. The number of aryl methyl sites for hydroxylation is 1. The Hall–Kier alpha value is -0.930. The molecule has 0 N–H and O–H groups in total. The van der Waals surface area contributed by atoms with Gasteiger partial charge in [-0.25, -0.2) is 0 Å². The van der Waals surface area contributed by atoms with Crippen LogP contribution in [0, 0.1) is 6.92 Å². The Morgan fingerprint density at radius 1 is 1.12 bits per heavy atom. The third-order valence-corrected chi connectivity index (χ3v) is 2.97. The molecule has 0 amide bonds. The average molecular weight is 235 g/mol. The molecule has 96 valence electrons. The molecule has 1 aliphatic rings. The summed E-state index contributed by atoms with van der Waals surface area (Å²) in [5.41, 5.74) is 2.42. The maximum atomic E-state index is 4.32. The summed E-state index contributed by atoms with van der Waals surface area (Å²) in [5, 5.41) is 0. The zero-order chi connectivity index (χ0) is 12.7. The molecule has 2 heterocycles. The van der Waals surface area contributed by atoms with Crippen molar-refractivity contribution in [1.29, 1.82) is 0 Å². The Bertz CT molecular complexity index is 300. The van der Waals surface area contributed by atoms with Crippen molar-refractivity contribution < 1.29 is 0 Å². The van der Waals surface area contributed by atoms with Crippen molar-refractivity contribution in [2.45, 2.75) is 27.3 Å². The molecule has 0 atom stereocenters. The van der Waals surface area contributed by atoms with Gasteiger partial charge < -0.3 is 4.90 Å². The van der Waals surface area contributed by atoms with E-state index in [1.54, 1.807) is 0 Å². The summed E-state index contributed by atoms with van der Waals surface area (Å²) in [5.74, 6) is 0. The molecule has 2 rings (SSSR count). The molecular weight excluding hydrogens is 210 g/mol. The highest BCUT2D eigenvalue weighted by Crippen LogP contribution is 2.07. The third-order valence-electron chi connectivity index (χ3n) is 2.97. The molecular formula is C14H25N3. The summed E-state index contributed by atoms with van der Waals surface area (Å²) in [6.07, 6.45) is 1.99. The van der Waals surface area contributed by atoms with Crippen molar-refractivity contribution in [1.82, 2.24) is 14.8 Å². The largest absolute Gasteiger partial charge is 0.304 e. The van der Waals surface area contributed by atoms with Gasteiger partial charge in [-0.1, -0.05) is 19.9 Å². The summed E-state index contributed by atoms with van der Waals surface area (Å²) >= 11 is 0. The van der Waals surface area contributed by atoms with E-state index in [0.717, 1.165) is 12.2 Å². The van der Waals surface area contributed by atoms with E-state index >= 15 is 0 Å². The number of aromatic nitrogens is 1. The van der Waals surface area contributed by atoms with Crippen LogP contribution in [0.4, 0.5) is 0 Å². The van der Waals surface area contributed by atoms with Crippen LogP contribution in [0.3, 0.4) is 0 Å². The first-order valence-corrected chi connectivity index (χ1v) is 6.56. The molecule has 0 aliphatic carbocycles. The maximum absolute atomic E-state index is 4.32. The van der Waals surface area contributed by atoms with Gasteiger partial charge in [0.25, 0.3) is 0 Å². The highest BCUT2D eigenvalue weighted by molar-refractivity contribution is 5.13. The number of nitrogens with zero attached hydrogens (tertiary/aromatic N) is 3. The molecule has 0 unspecified atom stereocenters. The van der Waals surface area contributed by atoms with E-state index in [-0.39, 0.29) is 0 Å². The van der Waals surface area contributed by atoms with Crippen LogP contribution in [-0.2, 0) is 6.54 Å². The van der Waals surface area contributed by atoms with E-state index in [1.165, 1.54) is 31.7 Å². The van der Waals surface area contributed by atoms with Gasteiger partial charge in [-0.05, 0) is 25.6 Å². The van der Waals surface area contributed by atoms with Crippen LogP contribution in [0.1, 0.15) is 25.1 Å². The number of piperazine rings is 1. The van der Waals surface area contributed by atoms with Crippen LogP contribution < -0.4 is 0 Å². The van der Waals surface area contributed by atoms with Crippen molar-refractivity contribution in [3.8, 4) is 0 Å². The van der Waals surface area contributed by atoms with Gasteiger partial charge in [0.15, 0.2) is 0 Å². The highest BCUT2D eigenvalue weighted by Gasteiger charge is 2.13. The number of hydrogen-bond donors (Lipinski definition) is 0. The average Bonchev–Trinajstić information content (AvgIpc) is 2.37. The van der Waals surface area contributed by atoms with Gasteiger partial charge in [0.05, 0.1) is 0 Å². The van der Waals surface area contributed by atoms with Gasteiger partial charge in [0.1, 0.15) is 0 Å². The molecule has 17 heavy (non-hydrogen) atoms. The van der Waals surface area contributed by atoms with Gasteiger partial charge >= 0.3 is 0 Å². The Morgan fingerprint density at radius 3 is 2.29 bits per heavy atom. The van der Waals surface area contributed by atoms with E-state index in [1.807, 2.05) is 27.0 Å². The fourth-order valence-corrected chi connectivity index (χ4v) is 1.86. The topological polar surface area (TPSA) is 19.4 Å². The standard InChI is InChI=1S/C12H19N3.C2H6/c1-11-3-4-12(9-13-11)10-15-7-5-14(2)6-8-15;1-2/h3-4,9H,5-8,10H2,1-2H3;1-2H3. The first-order chi connectivity index (χ1) is 8.24. The van der Waals surface area contributed by atoms with Crippen LogP contribution in [0.15, 0.2) is 18.3 Å². The first-order valence-electron chi connectivity index (χ1n) is 6.56. The normalized spacial score (nSPS) is 17.4. The second-order valence-corrected chi connectivity index (χ2v) is 4.39. The molecule has 0 bridgehead atoms. The summed E-state index contributed by atoms with van der Waals surface area (Å²) in [6, 6.07) is 4.27. The number of pyridine rings is 1. The maximum Gasteiger partial charge on any atom is 0.0372 e. The number of hydrogen-bond acceptors (Lipinski definition) is 3. The van der Waals surface area contributed by atoms with Crippen LogP contribution >= 0.6 is 0 Å². The van der Waals surface area contributed by atoms with Gasteiger partial charge in [0.2, 0.25) is 0 Å². The van der Waals surface area contributed by atoms with Crippen molar-refractivity contribution in [2.75, 3.05) is 33.2 Å². The van der Waals surface area contributed by atoms with Crippen LogP contribution in [0.25, 0.3) is 0 Å². The molecule has 0 radical (unpaired) electrons. The van der Waals surface area contributed by atoms with Crippen LogP contribution in [0.5, 0.6) is 0 Å². The van der Waals surface area contributed by atoms with Crippen molar-refractivity contribution in [3.05, 3.63) is 29.6 Å². The molecule has 1 fully saturated rings. The smallest absolute Gasteiger partial charge is 0.0372 e. The molecule has 1 saturated heterocycles. The lowest BCUT2D eigenvalue weighted by Gasteiger charge is -2.32. The molecule has 1 aromatic rings. The van der Waals surface area contributed by atoms with Gasteiger partial charge in [-0.2, -0.15) is 0 Å². The zero-order valence-corrected chi connectivity index (χ0v) is 11.6. The van der Waals surface area contributed by atoms with E-state index in [0.29, 0.717) is 0 Å². The molecule has 1 aromatic heterocycles. The minimum atomic E-state index is 1.04. The fraction of sp³-hybridized carbons (Fsp3) is 0.643. The van der Waals surface area contributed by atoms with Crippen molar-refractivity contribution >= 4 is 0 Å². The minimum Gasteiger partial charge on any atom is -0.304 e. The Balaban J connectivity index is 0.000000686. The van der Waals surface area contributed by atoms with E-state index in [2.05, 4.69) is 34.0 Å². The molecule has 1 aliphatic heterocycles. The fourth-order valence-electron chi connectivity index (χ4n) is 1.86. The SMILES string of the molecule is CC.Cc1ccc(CN2CCN(C)CC2)cn1. The summed E-state index contributed by atoms with van der Waals surface area (Å²) in [7, 11) is 2.19. The van der Waals surface area contributed by atoms with Gasteiger partial charge in [-0.3, -0.25) is 9.88 Å². The second kappa shape index (κ2) is 7.41. The first kappa shape index (κ1) is 14.1. The highest BCUT2D eigenvalue weighted by atomic mass is 15.2. The minimum absolute atomic E-state index is 1.04. The van der Waals surface area contributed by atoms with Crippen molar-refractivity contribution in [2.24, 2.45) is 0 Å². The number of rotatable bonds is 2. The molecule has 3 heteroatoms. The van der Waals surface area contributed by atoms with Crippen LogP contribution in [-0.4, -0.2) is 48.0 Å². The predicted octanol–water partition coefficient (Wildman–Crippen LogP) is 2.16. The van der Waals surface area contributed by atoms with E-state index < -0.39 is 0 Å². The lowest BCUT2D eigenvalue weighted by Crippen LogP contribution is -2.43. The summed E-state index contributed by atoms with van der Waals surface area (Å²) in [4.78, 5) is 9.19. The Labute approximate surface area is 105 Å². The second-order valence-electron chi connectivity index (χ2n) is 4.39. The Kier molecular flexibility index (Phi) is 6.16. The zero-order valence-electron chi connectivity index (χ0n) is 11.6. The number of likely N-dealkylation sites (N-methyl/N-ethyl adjacent to an activating group) is 1. The monoisotopic (exact) mass is 235 g/mol. The Morgan fingerprint density at radius 2 is 1.76 bits per heavy atom. The van der Waals surface area contributed by atoms with Crippen LogP contribution in [0.2, 0.25) is 0 Å². The van der Waals surface area contributed by atoms with E-state index in [4.69, 9.17) is 0 Å². The molecule has 0 aromatic carbocycles. The molecule has 0 saturated carbocycles. The summed E-state index contributed by atoms with van der Waals surface area (Å²) in [6.45, 7) is 11.8. The van der Waals surface area contributed by atoms with E-state index in [9.17, 15) is 0 Å². The lowest BCUT2D eigenvalue weighted by atomic mass is 10.2. The predicted molar refractivity (Wildman–Crippen MR) is 73.1 cm³/mol. The van der Waals surface area contributed by atoms with Gasteiger partial charge in [0, 0.05) is 44.6 Å². The summed E-state index contributed by atoms with van der Waals surface area (Å²) < 4.78 is 0. The lowest BCUT2D eigenvalue weighted by molar-refractivity contribution is 0.148. The molecule has 3 nitrogen and oxygen atoms in total. The molecule has 0 spiro atoms. The quantitative estimate of drug-likeness (QED) is 0.783.